The number of benzene rings is 2. The zero-order chi connectivity index (χ0) is 18.8. The number of aromatic nitrogens is 4. The third-order valence-corrected chi connectivity index (χ3v) is 4.18. The Morgan fingerprint density at radius 1 is 1.07 bits per heavy atom. The Labute approximate surface area is 155 Å². The molecule has 2 N–H and O–H groups in total. The quantitative estimate of drug-likeness (QED) is 0.418. The molecule has 0 spiro atoms. The summed E-state index contributed by atoms with van der Waals surface area (Å²) in [6.07, 6.45) is 1.63. The minimum atomic E-state index is 0.300. The molecule has 2 heterocycles. The fraction of sp³-hybridized carbons (Fsp3) is 0.158. The van der Waals surface area contributed by atoms with Crippen LogP contribution in [-0.4, -0.2) is 40.6 Å². The number of hydrogen-bond donors (Lipinski definition) is 2. The molecule has 8 nitrogen and oxygen atoms in total. The highest BCUT2D eigenvalue weighted by atomic mass is 16.5. The minimum absolute atomic E-state index is 0.300. The van der Waals surface area contributed by atoms with E-state index in [1.54, 1.807) is 26.5 Å². The smallest absolute Gasteiger partial charge is 0.265 e. The Hall–Kier alpha value is -3.68. The van der Waals surface area contributed by atoms with Gasteiger partial charge in [0.2, 0.25) is 0 Å². The van der Waals surface area contributed by atoms with E-state index in [1.165, 1.54) is 0 Å². The highest BCUT2D eigenvalue weighted by molar-refractivity contribution is 6.03. The van der Waals surface area contributed by atoms with Crippen LogP contribution in [0, 0.1) is 6.92 Å². The van der Waals surface area contributed by atoms with Crippen LogP contribution in [0.25, 0.3) is 22.1 Å². The molecular formula is C19H18N6O2. The summed E-state index contributed by atoms with van der Waals surface area (Å²) in [6, 6.07) is 11.6. The minimum Gasteiger partial charge on any atom is -0.497 e. The van der Waals surface area contributed by atoms with Crippen molar-refractivity contribution in [2.45, 2.75) is 6.92 Å². The van der Waals surface area contributed by atoms with Crippen LogP contribution >= 0.6 is 0 Å². The van der Waals surface area contributed by atoms with Crippen LogP contribution in [0.3, 0.4) is 0 Å². The number of aryl methyl sites for hydroxylation is 1. The van der Waals surface area contributed by atoms with E-state index in [0.717, 1.165) is 27.5 Å². The molecule has 0 saturated heterocycles. The first-order valence-corrected chi connectivity index (χ1v) is 8.32. The second kappa shape index (κ2) is 6.91. The maximum atomic E-state index is 5.34. The van der Waals surface area contributed by atoms with Crippen molar-refractivity contribution < 1.29 is 9.47 Å². The predicted octanol–water partition coefficient (Wildman–Crippen LogP) is 3.28. The average molecular weight is 362 g/mol. The molecule has 0 aliphatic rings. The van der Waals surface area contributed by atoms with Crippen molar-refractivity contribution in [3.05, 3.63) is 47.5 Å². The summed E-state index contributed by atoms with van der Waals surface area (Å²) < 4.78 is 10.5. The number of ether oxygens (including phenoxy) is 2. The number of rotatable bonds is 5. The maximum absolute atomic E-state index is 5.34. The van der Waals surface area contributed by atoms with Crippen LogP contribution in [0.5, 0.6) is 11.5 Å². The fourth-order valence-corrected chi connectivity index (χ4v) is 2.82. The van der Waals surface area contributed by atoms with Crippen LogP contribution < -0.4 is 14.9 Å². The molecular weight excluding hydrogens is 344 g/mol. The van der Waals surface area contributed by atoms with Gasteiger partial charge in [0.15, 0.2) is 5.65 Å². The van der Waals surface area contributed by atoms with E-state index in [2.05, 4.69) is 36.8 Å². The molecule has 0 aliphatic carbocycles. The molecule has 0 amide bonds. The normalized spacial score (nSPS) is 11.4. The predicted molar refractivity (Wildman–Crippen MR) is 105 cm³/mol. The maximum Gasteiger partial charge on any atom is 0.265 e. The number of fused-ring (bicyclic) bond motifs is 3. The molecule has 4 aromatic rings. The van der Waals surface area contributed by atoms with E-state index in [-0.39, 0.29) is 0 Å². The van der Waals surface area contributed by atoms with Gasteiger partial charge in [0.05, 0.1) is 20.4 Å². The highest BCUT2D eigenvalue weighted by Crippen LogP contribution is 2.24. The van der Waals surface area contributed by atoms with E-state index in [4.69, 9.17) is 9.47 Å². The zero-order valence-electron chi connectivity index (χ0n) is 15.1. The number of H-pyrrole nitrogens is 1. The van der Waals surface area contributed by atoms with Gasteiger partial charge < -0.3 is 14.5 Å². The number of hydrazone groups is 1. The fourth-order valence-electron chi connectivity index (χ4n) is 2.82. The lowest BCUT2D eigenvalue weighted by Gasteiger charge is -2.06. The van der Waals surface area contributed by atoms with Gasteiger partial charge in [-0.15, -0.1) is 10.2 Å². The van der Waals surface area contributed by atoms with Crippen molar-refractivity contribution in [1.82, 2.24) is 20.2 Å². The largest absolute Gasteiger partial charge is 0.497 e. The number of anilines is 1. The first kappa shape index (κ1) is 16.8. The van der Waals surface area contributed by atoms with Crippen molar-refractivity contribution in [3.63, 3.8) is 0 Å². The zero-order valence-corrected chi connectivity index (χ0v) is 15.1. The Morgan fingerprint density at radius 3 is 2.78 bits per heavy atom. The number of nitrogens with one attached hydrogen (secondary N) is 2. The molecule has 0 saturated carbocycles. The first-order valence-electron chi connectivity index (χ1n) is 8.32. The van der Waals surface area contributed by atoms with Gasteiger partial charge in [0.25, 0.3) is 5.95 Å². The summed E-state index contributed by atoms with van der Waals surface area (Å²) in [7, 11) is 3.20. The molecule has 4 rings (SSSR count). The number of hydrogen-bond acceptors (Lipinski definition) is 7. The molecule has 0 aliphatic heterocycles. The Bertz CT molecular complexity index is 1150. The van der Waals surface area contributed by atoms with Crippen molar-refractivity contribution in [2.24, 2.45) is 5.10 Å². The molecule has 0 atom stereocenters. The van der Waals surface area contributed by atoms with Crippen LogP contribution in [0.1, 0.15) is 11.1 Å². The van der Waals surface area contributed by atoms with Crippen LogP contribution in [0.2, 0.25) is 0 Å². The summed E-state index contributed by atoms with van der Waals surface area (Å²) in [5.41, 5.74) is 7.12. The van der Waals surface area contributed by atoms with Crippen molar-refractivity contribution in [3.8, 4) is 11.5 Å². The summed E-state index contributed by atoms with van der Waals surface area (Å²) in [4.78, 5) is 7.68. The molecule has 8 heteroatoms. The Morgan fingerprint density at radius 2 is 1.96 bits per heavy atom. The van der Waals surface area contributed by atoms with E-state index >= 15 is 0 Å². The molecule has 0 radical (unpaired) electrons. The van der Waals surface area contributed by atoms with Crippen LogP contribution in [0.15, 0.2) is 41.5 Å². The summed E-state index contributed by atoms with van der Waals surface area (Å²) in [5, 5.41) is 13.6. The van der Waals surface area contributed by atoms with Gasteiger partial charge in [0.1, 0.15) is 17.0 Å². The lowest BCUT2D eigenvalue weighted by Crippen LogP contribution is -1.99. The van der Waals surface area contributed by atoms with Crippen molar-refractivity contribution in [2.75, 3.05) is 19.6 Å². The lowest BCUT2D eigenvalue weighted by molar-refractivity contribution is 0.394. The van der Waals surface area contributed by atoms with Crippen LogP contribution in [0.4, 0.5) is 5.95 Å². The van der Waals surface area contributed by atoms with Crippen LogP contribution in [-0.2, 0) is 0 Å². The average Bonchev–Trinajstić information content (AvgIpc) is 3.05. The summed E-state index contributed by atoms with van der Waals surface area (Å²) >= 11 is 0. The van der Waals surface area contributed by atoms with Crippen molar-refractivity contribution >= 4 is 34.2 Å². The molecule has 0 fully saturated rings. The van der Waals surface area contributed by atoms with Crippen molar-refractivity contribution in [1.29, 1.82) is 0 Å². The monoisotopic (exact) mass is 362 g/mol. The van der Waals surface area contributed by atoms with E-state index in [9.17, 15) is 0 Å². The van der Waals surface area contributed by atoms with E-state index in [0.29, 0.717) is 23.1 Å². The number of aromatic amines is 1. The van der Waals surface area contributed by atoms with Gasteiger partial charge in [-0.1, -0.05) is 11.6 Å². The standard InChI is InChI=1S/C19H18N6O2/c1-11-4-7-15-14(8-11)17-18(21-15)22-19(25-23-17)24-20-10-12-5-6-13(26-2)9-16(12)27-3/h4-10H,1-3H3,(H2,21,22,24,25). The van der Waals surface area contributed by atoms with Gasteiger partial charge in [0, 0.05) is 22.5 Å². The second-order valence-corrected chi connectivity index (χ2v) is 5.98. The Balaban J connectivity index is 1.58. The summed E-state index contributed by atoms with van der Waals surface area (Å²) in [6.45, 7) is 2.04. The second-order valence-electron chi connectivity index (χ2n) is 5.98. The molecule has 2 aromatic carbocycles. The number of nitrogens with zero attached hydrogens (tertiary/aromatic N) is 4. The van der Waals surface area contributed by atoms with E-state index < -0.39 is 0 Å². The summed E-state index contributed by atoms with van der Waals surface area (Å²) in [5.74, 6) is 1.67. The lowest BCUT2D eigenvalue weighted by atomic mass is 10.2. The molecule has 0 bridgehead atoms. The van der Waals surface area contributed by atoms with E-state index in [1.807, 2.05) is 31.2 Å². The van der Waals surface area contributed by atoms with Gasteiger partial charge in [-0.25, -0.2) is 5.43 Å². The van der Waals surface area contributed by atoms with Gasteiger partial charge >= 0.3 is 0 Å². The molecule has 27 heavy (non-hydrogen) atoms. The van der Waals surface area contributed by atoms with Gasteiger partial charge in [-0.2, -0.15) is 10.1 Å². The highest BCUT2D eigenvalue weighted by Gasteiger charge is 2.09. The van der Waals surface area contributed by atoms with Gasteiger partial charge in [-0.05, 0) is 31.2 Å². The van der Waals surface area contributed by atoms with Gasteiger partial charge in [-0.3, -0.25) is 0 Å². The first-order chi connectivity index (χ1) is 13.2. The third-order valence-electron chi connectivity index (χ3n) is 4.18. The SMILES string of the molecule is COc1ccc(C=NNc2nnc3c(n2)[nH]c2ccc(C)cc23)c(OC)c1. The number of methoxy groups -OCH3 is 2. The Kier molecular flexibility index (Phi) is 4.29. The molecule has 136 valence electrons. The molecule has 2 aromatic heterocycles. The molecule has 0 unspecified atom stereocenters. The third kappa shape index (κ3) is 3.24. The topological polar surface area (TPSA) is 97.3 Å².